The first-order valence-electron chi connectivity index (χ1n) is 20.9. The molecule has 0 fully saturated rings. The number of amidine groups is 2. The Morgan fingerprint density at radius 3 is 1.85 bits per heavy atom. The third-order valence-corrected chi connectivity index (χ3v) is 12.8. The van der Waals surface area contributed by atoms with E-state index in [0.717, 1.165) is 42.8 Å². The predicted octanol–water partition coefficient (Wildman–Crippen LogP) is 15.1. The summed E-state index contributed by atoms with van der Waals surface area (Å²) in [5, 5.41) is 11.7. The number of aryl methyl sites for hydroxylation is 2. The summed E-state index contributed by atoms with van der Waals surface area (Å²) in [7, 11) is 0. The van der Waals surface area contributed by atoms with Gasteiger partial charge in [0.05, 0.1) is 22.8 Å². The van der Waals surface area contributed by atoms with Crippen molar-refractivity contribution in [2.45, 2.75) is 47.6 Å². The zero-order valence-corrected chi connectivity index (χ0v) is 37.6. The number of nitrogens with zero attached hydrogens (tertiary/aromatic N) is 3. The van der Waals surface area contributed by atoms with Crippen molar-refractivity contribution in [1.82, 2.24) is 0 Å². The van der Waals surface area contributed by atoms with Crippen LogP contribution in [0.4, 0.5) is 5.69 Å². The van der Waals surface area contributed by atoms with Crippen LogP contribution >= 0.6 is 22.7 Å². The number of nitrogen functional groups attached to an aromatic ring is 1. The number of nitrogens with one attached hydrogen (secondary N) is 1. The van der Waals surface area contributed by atoms with E-state index in [1.807, 2.05) is 72.8 Å². The quantitative estimate of drug-likeness (QED) is 0.121. The predicted molar refractivity (Wildman–Crippen MR) is 273 cm³/mol. The highest BCUT2D eigenvalue weighted by molar-refractivity contribution is 7.26. The minimum atomic E-state index is 0.495. The smallest absolute Gasteiger partial charge is 0.161 e. The molecule has 5 nitrogen and oxygen atoms in total. The van der Waals surface area contributed by atoms with Gasteiger partial charge in [-0.2, -0.15) is 0 Å². The molecule has 0 radical (unpaired) electrons. The van der Waals surface area contributed by atoms with Gasteiger partial charge in [0.1, 0.15) is 0 Å². The molecular weight excluding hydrogens is 795 g/mol. The molecule has 0 aliphatic rings. The van der Waals surface area contributed by atoms with Crippen molar-refractivity contribution in [1.29, 1.82) is 5.41 Å². The summed E-state index contributed by atoms with van der Waals surface area (Å²) < 4.78 is 3.60. The highest BCUT2D eigenvalue weighted by Crippen LogP contribution is 2.39. The Balaban J connectivity index is 0.000000228. The van der Waals surface area contributed by atoms with Crippen LogP contribution in [0.25, 0.3) is 41.4 Å². The van der Waals surface area contributed by atoms with Crippen LogP contribution in [0.3, 0.4) is 0 Å². The Hall–Kier alpha value is -6.80. The maximum atomic E-state index is 8.27. The van der Waals surface area contributed by atoms with Gasteiger partial charge >= 0.3 is 0 Å². The van der Waals surface area contributed by atoms with E-state index in [-0.39, 0.29) is 0 Å². The van der Waals surface area contributed by atoms with E-state index in [1.165, 1.54) is 48.8 Å². The number of nitrogens with two attached hydrogens (primary N) is 1. The molecule has 0 aliphatic heterocycles. The third kappa shape index (κ3) is 9.40. The summed E-state index contributed by atoms with van der Waals surface area (Å²) in [5.41, 5.74) is 17.3. The molecule has 2 aromatic heterocycles. The minimum absolute atomic E-state index is 0.495. The molecule has 0 spiro atoms. The van der Waals surface area contributed by atoms with Gasteiger partial charge in [-0.15, -0.1) is 22.7 Å². The third-order valence-electron chi connectivity index (χ3n) is 10.5. The lowest BCUT2D eigenvalue weighted by molar-refractivity contribution is 1.06. The van der Waals surface area contributed by atoms with Gasteiger partial charge in [-0.3, -0.25) is 10.4 Å². The standard InChI is InChI=1S/C37H31N3S.C15H12N2S.C3H8/c1-24-13-8-9-17-28(24)29-18-11-19-30(26(29)3)37(39-23-27-15-6-5-7-16-27)40-36(38-4)31-20-12-22-33-35(31)34-25(2)14-10-21-32(34)41-33;16-13(10-6-2-1-3-7-10)15-14(17)11-8-4-5-9-12(11)18-15;1-3-2/h5-22H,4,23H2,1-3H3;1-9,16H,17H2;3H2,1-2H3. The lowest BCUT2D eigenvalue weighted by Gasteiger charge is -2.14. The van der Waals surface area contributed by atoms with Gasteiger partial charge < -0.3 is 5.73 Å². The Kier molecular flexibility index (Phi) is 14.1. The maximum Gasteiger partial charge on any atom is 0.161 e. The van der Waals surface area contributed by atoms with Crippen LogP contribution < -0.4 is 5.73 Å². The number of benzene rings is 7. The van der Waals surface area contributed by atoms with Gasteiger partial charge in [0.2, 0.25) is 0 Å². The van der Waals surface area contributed by atoms with Crippen LogP contribution in [0.15, 0.2) is 179 Å². The van der Waals surface area contributed by atoms with Crippen LogP contribution in [-0.4, -0.2) is 24.1 Å². The van der Waals surface area contributed by atoms with Crippen LogP contribution in [0, 0.1) is 26.2 Å². The summed E-state index contributed by atoms with van der Waals surface area (Å²) >= 11 is 3.37. The second-order valence-corrected chi connectivity index (χ2v) is 17.2. The van der Waals surface area contributed by atoms with Gasteiger partial charge in [-0.1, -0.05) is 166 Å². The second kappa shape index (κ2) is 20.2. The lowest BCUT2D eigenvalue weighted by Crippen LogP contribution is -2.08. The van der Waals surface area contributed by atoms with Crippen LogP contribution in [0.2, 0.25) is 0 Å². The molecule has 3 N–H and O–H groups in total. The summed E-state index contributed by atoms with van der Waals surface area (Å²) in [4.78, 5) is 15.6. The summed E-state index contributed by atoms with van der Waals surface area (Å²) in [6.45, 7) is 15.2. The molecule has 0 saturated carbocycles. The van der Waals surface area contributed by atoms with E-state index in [1.54, 1.807) is 22.7 Å². The molecule has 308 valence electrons. The molecule has 0 amide bonds. The molecule has 0 saturated heterocycles. The number of thiophene rings is 2. The molecule has 0 bridgehead atoms. The van der Waals surface area contributed by atoms with Gasteiger partial charge in [0.15, 0.2) is 11.7 Å². The molecule has 7 heteroatoms. The fourth-order valence-electron chi connectivity index (χ4n) is 7.47. The van der Waals surface area contributed by atoms with Crippen LogP contribution in [-0.2, 0) is 6.54 Å². The Morgan fingerprint density at radius 2 is 1.15 bits per heavy atom. The van der Waals surface area contributed by atoms with Crippen LogP contribution in [0.1, 0.15) is 64.1 Å². The Bertz CT molecular complexity index is 3060. The number of hydrogen-bond donors (Lipinski definition) is 2. The molecule has 62 heavy (non-hydrogen) atoms. The van der Waals surface area contributed by atoms with E-state index in [0.29, 0.717) is 29.6 Å². The Labute approximate surface area is 373 Å². The van der Waals surface area contributed by atoms with Crippen molar-refractivity contribution in [2.75, 3.05) is 5.73 Å². The molecule has 9 rings (SSSR count). The largest absolute Gasteiger partial charge is 0.397 e. The van der Waals surface area contributed by atoms with Crippen molar-refractivity contribution in [3.05, 3.63) is 208 Å². The first-order valence-corrected chi connectivity index (χ1v) is 22.5. The molecule has 2 heterocycles. The van der Waals surface area contributed by atoms with Crippen molar-refractivity contribution >= 4 is 82.7 Å². The molecule has 0 atom stereocenters. The second-order valence-electron chi connectivity index (χ2n) is 15.0. The first kappa shape index (κ1) is 43.3. The van der Waals surface area contributed by atoms with Gasteiger partial charge in [0.25, 0.3) is 0 Å². The zero-order valence-electron chi connectivity index (χ0n) is 35.9. The molecular formula is C55H51N5S2. The van der Waals surface area contributed by atoms with E-state index < -0.39 is 0 Å². The maximum absolute atomic E-state index is 8.27. The monoisotopic (exact) mass is 845 g/mol. The van der Waals surface area contributed by atoms with Gasteiger partial charge in [0, 0.05) is 46.9 Å². The molecule has 0 aliphatic carbocycles. The molecule has 9 aromatic rings. The van der Waals surface area contributed by atoms with Crippen molar-refractivity contribution < 1.29 is 0 Å². The normalized spacial score (nSPS) is 11.5. The van der Waals surface area contributed by atoms with Gasteiger partial charge in [-0.05, 0) is 79.1 Å². The summed E-state index contributed by atoms with van der Waals surface area (Å²) in [6.07, 6.45) is 1.25. The Morgan fingerprint density at radius 1 is 0.581 bits per heavy atom. The highest BCUT2D eigenvalue weighted by atomic mass is 32.1. The number of anilines is 1. The number of hydrogen-bond acceptors (Lipinski definition) is 5. The van der Waals surface area contributed by atoms with Crippen LogP contribution in [0.5, 0.6) is 0 Å². The van der Waals surface area contributed by atoms with E-state index >= 15 is 0 Å². The first-order chi connectivity index (χ1) is 30.2. The summed E-state index contributed by atoms with van der Waals surface area (Å²) in [5.74, 6) is 1.23. The average Bonchev–Trinajstić information content (AvgIpc) is 3.86. The van der Waals surface area contributed by atoms with Gasteiger partial charge in [-0.25, -0.2) is 9.98 Å². The SMILES string of the molecule is C=NC(=NC(=NCc1ccccc1)c1cccc(-c2ccccc2C)c1C)c1cccc2sc3cccc(C)c3c12.CCC.N=C(c1ccccc1)c1sc2ccccc2c1N. The number of rotatable bonds is 7. The van der Waals surface area contributed by atoms with E-state index in [2.05, 4.69) is 137 Å². The van der Waals surface area contributed by atoms with Crippen molar-refractivity contribution in [2.24, 2.45) is 15.0 Å². The van der Waals surface area contributed by atoms with E-state index in [4.69, 9.17) is 21.1 Å². The van der Waals surface area contributed by atoms with Crippen molar-refractivity contribution in [3.8, 4) is 11.1 Å². The topological polar surface area (TPSA) is 87.0 Å². The summed E-state index contributed by atoms with van der Waals surface area (Å²) in [6, 6.07) is 55.7. The van der Waals surface area contributed by atoms with E-state index in [9.17, 15) is 0 Å². The number of fused-ring (bicyclic) bond motifs is 4. The fourth-order valence-corrected chi connectivity index (χ4v) is 9.77. The number of aliphatic imine (C=N–C) groups is 3. The minimum Gasteiger partial charge on any atom is -0.397 e. The zero-order chi connectivity index (χ0) is 43.6. The molecule has 0 unspecified atom stereocenters. The average molecular weight is 846 g/mol. The fraction of sp³-hybridized carbons (Fsp3) is 0.127. The molecule has 7 aromatic carbocycles. The highest BCUT2D eigenvalue weighted by Gasteiger charge is 2.18. The lowest BCUT2D eigenvalue weighted by atomic mass is 9.93. The van der Waals surface area contributed by atoms with Crippen molar-refractivity contribution in [3.63, 3.8) is 0 Å².